The van der Waals surface area contributed by atoms with Crippen LogP contribution in [0.1, 0.15) is 5.69 Å². The lowest BCUT2D eigenvalue weighted by atomic mass is 10.1. The smallest absolute Gasteiger partial charge is 0.223 e. The first-order valence-corrected chi connectivity index (χ1v) is 5.28. The van der Waals surface area contributed by atoms with Crippen molar-refractivity contribution in [3.05, 3.63) is 46.1 Å². The molecule has 0 amide bonds. The summed E-state index contributed by atoms with van der Waals surface area (Å²) in [5.74, 6) is -0.408. The van der Waals surface area contributed by atoms with Gasteiger partial charge in [0.1, 0.15) is 5.82 Å². The Kier molecular flexibility index (Phi) is 3.08. The molecule has 1 heterocycles. The molecule has 82 valence electrons. The summed E-state index contributed by atoms with van der Waals surface area (Å²) in [4.78, 5) is 7.95. The molecule has 2 rings (SSSR count). The van der Waals surface area contributed by atoms with Gasteiger partial charge in [-0.05, 0) is 42.8 Å². The highest BCUT2D eigenvalue weighted by Crippen LogP contribution is 2.24. The van der Waals surface area contributed by atoms with E-state index in [0.29, 0.717) is 16.3 Å². The van der Waals surface area contributed by atoms with Crippen molar-refractivity contribution in [2.45, 2.75) is 6.92 Å². The summed E-state index contributed by atoms with van der Waals surface area (Å²) in [6.07, 6.45) is 0. The molecule has 2 nitrogen and oxygen atoms in total. The normalized spacial score (nSPS) is 10.5. The van der Waals surface area contributed by atoms with Gasteiger partial charge in [0.05, 0.1) is 5.69 Å². The van der Waals surface area contributed by atoms with Crippen molar-refractivity contribution in [3.8, 4) is 11.3 Å². The van der Waals surface area contributed by atoms with Crippen LogP contribution < -0.4 is 0 Å². The van der Waals surface area contributed by atoms with Crippen LogP contribution in [0.2, 0.25) is 10.3 Å². The Bertz CT molecular complexity index is 454. The molecule has 0 spiro atoms. The summed E-state index contributed by atoms with van der Waals surface area (Å²) in [6, 6.07) is 5.93. The maximum Gasteiger partial charge on any atom is 0.223 e. The molecule has 0 saturated carbocycles. The number of nitrogens with zero attached hydrogens (tertiary/aromatic N) is 2. The number of aryl methyl sites for hydroxylation is 1. The van der Waals surface area contributed by atoms with Gasteiger partial charge in [0.25, 0.3) is 0 Å². The molecule has 0 unspecified atom stereocenters. The fraction of sp³-hybridized carbons (Fsp3) is 0.0909. The second-order valence-electron chi connectivity index (χ2n) is 3.32. The molecule has 0 bridgehead atoms. The molecule has 0 N–H and O–H groups in total. The van der Waals surface area contributed by atoms with Crippen LogP contribution in [-0.4, -0.2) is 9.97 Å². The molecule has 0 radical (unpaired) electrons. The van der Waals surface area contributed by atoms with Gasteiger partial charge < -0.3 is 0 Å². The van der Waals surface area contributed by atoms with E-state index in [2.05, 4.69) is 9.97 Å². The van der Waals surface area contributed by atoms with Crippen LogP contribution in [-0.2, 0) is 0 Å². The monoisotopic (exact) mass is 256 g/mol. The van der Waals surface area contributed by atoms with Crippen LogP contribution >= 0.6 is 23.2 Å². The Morgan fingerprint density at radius 2 is 1.81 bits per heavy atom. The van der Waals surface area contributed by atoms with Gasteiger partial charge in [-0.2, -0.15) is 0 Å². The highest BCUT2D eigenvalue weighted by molar-refractivity contribution is 6.31. The van der Waals surface area contributed by atoms with Crippen molar-refractivity contribution >= 4 is 23.2 Å². The highest BCUT2D eigenvalue weighted by Gasteiger charge is 2.06. The first-order chi connectivity index (χ1) is 7.54. The Morgan fingerprint density at radius 3 is 2.44 bits per heavy atom. The highest BCUT2D eigenvalue weighted by atomic mass is 35.5. The molecule has 0 aliphatic rings. The van der Waals surface area contributed by atoms with E-state index in [1.807, 2.05) is 0 Å². The summed E-state index contributed by atoms with van der Waals surface area (Å²) in [6.45, 7) is 1.79. The van der Waals surface area contributed by atoms with Gasteiger partial charge in [0.15, 0.2) is 0 Å². The number of halogens is 3. The minimum absolute atomic E-state index is 0.135. The van der Waals surface area contributed by atoms with Crippen LogP contribution in [0.25, 0.3) is 11.3 Å². The second-order valence-corrected chi connectivity index (χ2v) is 4.10. The van der Waals surface area contributed by atoms with Crippen molar-refractivity contribution < 1.29 is 4.39 Å². The lowest BCUT2D eigenvalue weighted by Gasteiger charge is -2.03. The van der Waals surface area contributed by atoms with Gasteiger partial charge in [-0.15, -0.1) is 0 Å². The summed E-state index contributed by atoms with van der Waals surface area (Å²) in [5, 5.41) is 0.456. The Labute approximate surface area is 102 Å². The van der Waals surface area contributed by atoms with Gasteiger partial charge in [-0.1, -0.05) is 11.6 Å². The van der Waals surface area contributed by atoms with Gasteiger partial charge in [-0.25, -0.2) is 14.4 Å². The quantitative estimate of drug-likeness (QED) is 0.724. The molecule has 0 fully saturated rings. The zero-order chi connectivity index (χ0) is 11.7. The number of hydrogen-bond acceptors (Lipinski definition) is 2. The molecule has 5 heteroatoms. The predicted molar refractivity (Wildman–Crippen MR) is 62.2 cm³/mol. The molecule has 2 aromatic rings. The molecule has 0 aliphatic heterocycles. The molecule has 1 aromatic carbocycles. The number of rotatable bonds is 1. The van der Waals surface area contributed by atoms with E-state index >= 15 is 0 Å². The molecular weight excluding hydrogens is 250 g/mol. The zero-order valence-corrected chi connectivity index (χ0v) is 9.85. The molecule has 1 aromatic heterocycles. The SMILES string of the molecule is Cc1cc(-c2cc(F)cc(Cl)c2)nc(Cl)n1. The van der Waals surface area contributed by atoms with Gasteiger partial charge in [0, 0.05) is 16.3 Å². The van der Waals surface area contributed by atoms with Crippen molar-refractivity contribution in [2.24, 2.45) is 0 Å². The molecule has 0 saturated heterocycles. The van der Waals surface area contributed by atoms with E-state index in [9.17, 15) is 4.39 Å². The van der Waals surface area contributed by atoms with Crippen molar-refractivity contribution in [1.82, 2.24) is 9.97 Å². The van der Waals surface area contributed by atoms with Crippen LogP contribution in [0.15, 0.2) is 24.3 Å². The van der Waals surface area contributed by atoms with Gasteiger partial charge >= 0.3 is 0 Å². The van der Waals surface area contributed by atoms with Crippen molar-refractivity contribution in [2.75, 3.05) is 0 Å². The largest absolute Gasteiger partial charge is 0.223 e. The lowest BCUT2D eigenvalue weighted by Crippen LogP contribution is -1.91. The van der Waals surface area contributed by atoms with E-state index in [0.717, 1.165) is 5.69 Å². The van der Waals surface area contributed by atoms with E-state index in [1.165, 1.54) is 12.1 Å². The van der Waals surface area contributed by atoms with Crippen LogP contribution in [0.5, 0.6) is 0 Å². The van der Waals surface area contributed by atoms with E-state index in [4.69, 9.17) is 23.2 Å². The number of hydrogen-bond donors (Lipinski definition) is 0. The van der Waals surface area contributed by atoms with Gasteiger partial charge in [0.2, 0.25) is 5.28 Å². The second kappa shape index (κ2) is 4.36. The standard InChI is InChI=1S/C11H7Cl2FN2/c1-6-2-10(16-11(13)15-6)7-3-8(12)5-9(14)4-7/h2-5H,1H3. The van der Waals surface area contributed by atoms with Gasteiger partial charge in [-0.3, -0.25) is 0 Å². The fourth-order valence-electron chi connectivity index (χ4n) is 1.38. The third-order valence-electron chi connectivity index (χ3n) is 1.99. The first-order valence-electron chi connectivity index (χ1n) is 4.52. The van der Waals surface area contributed by atoms with Crippen molar-refractivity contribution in [1.29, 1.82) is 0 Å². The summed E-state index contributed by atoms with van der Waals surface area (Å²) >= 11 is 11.5. The van der Waals surface area contributed by atoms with Crippen LogP contribution in [0.4, 0.5) is 4.39 Å². The maximum atomic E-state index is 13.2. The molecule has 0 atom stereocenters. The Morgan fingerprint density at radius 1 is 1.06 bits per heavy atom. The summed E-state index contributed by atoms with van der Waals surface area (Å²) in [7, 11) is 0. The third kappa shape index (κ3) is 2.49. The average molecular weight is 257 g/mol. The van der Waals surface area contributed by atoms with Crippen molar-refractivity contribution in [3.63, 3.8) is 0 Å². The minimum Gasteiger partial charge on any atom is -0.223 e. The van der Waals surface area contributed by atoms with Crippen LogP contribution in [0.3, 0.4) is 0 Å². The third-order valence-corrected chi connectivity index (χ3v) is 2.37. The average Bonchev–Trinajstić information content (AvgIpc) is 2.14. The topological polar surface area (TPSA) is 25.8 Å². The lowest BCUT2D eigenvalue weighted by molar-refractivity contribution is 0.628. The molecule has 0 aliphatic carbocycles. The minimum atomic E-state index is -0.408. The Hall–Kier alpha value is -1.19. The molecule has 16 heavy (non-hydrogen) atoms. The summed E-state index contributed by atoms with van der Waals surface area (Å²) < 4.78 is 13.2. The fourth-order valence-corrected chi connectivity index (χ4v) is 1.83. The molecular formula is C11H7Cl2FN2. The zero-order valence-electron chi connectivity index (χ0n) is 8.34. The van der Waals surface area contributed by atoms with E-state index in [1.54, 1.807) is 19.1 Å². The number of aromatic nitrogens is 2. The first kappa shape index (κ1) is 11.3. The van der Waals surface area contributed by atoms with E-state index < -0.39 is 5.82 Å². The Balaban J connectivity index is 2.57. The maximum absolute atomic E-state index is 13.2. The van der Waals surface area contributed by atoms with E-state index in [-0.39, 0.29) is 5.28 Å². The van der Waals surface area contributed by atoms with Crippen LogP contribution in [0, 0.1) is 12.7 Å². The summed E-state index contributed by atoms with van der Waals surface area (Å²) in [5.41, 5.74) is 1.85. The number of benzene rings is 1. The predicted octanol–water partition coefficient (Wildman–Crippen LogP) is 3.90.